The highest BCUT2D eigenvalue weighted by molar-refractivity contribution is 6.22. The second-order valence-corrected chi connectivity index (χ2v) is 7.64. The summed E-state index contributed by atoms with van der Waals surface area (Å²) in [6.45, 7) is 0. The van der Waals surface area contributed by atoms with Crippen LogP contribution in [-0.2, 0) is 4.79 Å². The van der Waals surface area contributed by atoms with Crippen molar-refractivity contribution in [2.24, 2.45) is 17.8 Å². The zero-order valence-electron chi connectivity index (χ0n) is 13.4. The Hall–Kier alpha value is -2.42. The average molecular weight is 315 g/mol. The van der Waals surface area contributed by atoms with Crippen molar-refractivity contribution in [3.8, 4) is 11.1 Å². The molecule has 1 amide bonds. The number of hydrazine groups is 1. The maximum absolute atomic E-state index is 12.7. The van der Waals surface area contributed by atoms with E-state index in [4.69, 9.17) is 0 Å². The number of carbonyl (C=O) groups is 1. The first-order chi connectivity index (χ1) is 11.8. The molecule has 3 fully saturated rings. The molecule has 2 aromatic carbocycles. The first-order valence-electron chi connectivity index (χ1n) is 8.99. The molecular weight excluding hydrogens is 296 g/mol. The van der Waals surface area contributed by atoms with Crippen LogP contribution in [0, 0.1) is 17.8 Å². The average Bonchev–Trinajstić information content (AvgIpc) is 3.35. The fourth-order valence-corrected chi connectivity index (χ4v) is 5.73. The number of hydrogen-bond donors (Lipinski definition) is 1. The van der Waals surface area contributed by atoms with Crippen molar-refractivity contribution in [3.05, 3.63) is 59.7 Å². The van der Waals surface area contributed by atoms with Crippen LogP contribution in [-0.4, -0.2) is 22.3 Å². The fraction of sp³-hybridized carbons (Fsp3) is 0.333. The number of amides is 1. The highest BCUT2D eigenvalue weighted by Crippen LogP contribution is 2.52. The summed E-state index contributed by atoms with van der Waals surface area (Å²) in [6, 6.07) is 17.5. The predicted octanol–water partition coefficient (Wildman–Crippen LogP) is 2.98. The van der Waals surface area contributed by atoms with Gasteiger partial charge in [-0.3, -0.25) is 4.79 Å². The molecule has 0 spiro atoms. The van der Waals surface area contributed by atoms with Gasteiger partial charge < -0.3 is 0 Å². The number of benzene rings is 2. The molecule has 0 unspecified atom stereocenters. The molecule has 3 heteroatoms. The smallest absolute Gasteiger partial charge is 0.269 e. The monoisotopic (exact) mass is 315 g/mol. The van der Waals surface area contributed by atoms with Crippen molar-refractivity contribution in [2.75, 3.05) is 0 Å². The van der Waals surface area contributed by atoms with Gasteiger partial charge in [0.15, 0.2) is 6.04 Å². The van der Waals surface area contributed by atoms with E-state index in [0.717, 1.165) is 0 Å². The Kier molecular flexibility index (Phi) is 2.35. The Labute approximate surface area is 141 Å². The van der Waals surface area contributed by atoms with E-state index < -0.39 is 0 Å². The molecule has 1 saturated heterocycles. The molecule has 1 heterocycles. The molecule has 4 atom stereocenters. The number of nitrogens with one attached hydrogen (secondary N) is 1. The molecule has 3 aliphatic carbocycles. The summed E-state index contributed by atoms with van der Waals surface area (Å²) < 4.78 is 2.24. The van der Waals surface area contributed by atoms with E-state index >= 15 is 0 Å². The zero-order chi connectivity index (χ0) is 15.8. The first kappa shape index (κ1) is 12.9. The van der Waals surface area contributed by atoms with E-state index in [9.17, 15) is 4.79 Å². The van der Waals surface area contributed by atoms with E-state index in [-0.39, 0.29) is 11.8 Å². The van der Waals surface area contributed by atoms with Crippen molar-refractivity contribution in [1.29, 1.82) is 0 Å². The maximum atomic E-state index is 12.7. The summed E-state index contributed by atoms with van der Waals surface area (Å²) in [7, 11) is 0. The molecule has 1 N–H and O–H groups in total. The van der Waals surface area contributed by atoms with Gasteiger partial charge >= 0.3 is 0 Å². The molecule has 24 heavy (non-hydrogen) atoms. The second kappa shape index (κ2) is 4.35. The van der Waals surface area contributed by atoms with Crippen LogP contribution in [0.3, 0.4) is 0 Å². The van der Waals surface area contributed by atoms with E-state index in [0.29, 0.717) is 17.9 Å². The van der Waals surface area contributed by atoms with Crippen LogP contribution in [0.2, 0.25) is 0 Å². The number of hydrogen-bond acceptors (Lipinski definition) is 1. The van der Waals surface area contributed by atoms with Gasteiger partial charge in [0.05, 0.1) is 11.1 Å². The first-order valence-corrected chi connectivity index (χ1v) is 8.99. The number of carbonyl (C=O) groups excluding carboxylic acids is 1. The Morgan fingerprint density at radius 2 is 1.42 bits per heavy atom. The summed E-state index contributed by atoms with van der Waals surface area (Å²) in [5.41, 5.74) is 9.51. The minimum absolute atomic E-state index is 0.191. The van der Waals surface area contributed by atoms with Crippen molar-refractivity contribution in [3.63, 3.8) is 0 Å². The minimum Gasteiger partial charge on any atom is -0.269 e. The van der Waals surface area contributed by atoms with Crippen LogP contribution >= 0.6 is 0 Å². The largest absolute Gasteiger partial charge is 0.284 e. The molecule has 0 radical (unpaired) electrons. The fourth-order valence-electron chi connectivity index (χ4n) is 5.73. The van der Waals surface area contributed by atoms with Gasteiger partial charge in [0.25, 0.3) is 5.91 Å². The third kappa shape index (κ3) is 1.44. The Morgan fingerprint density at radius 3 is 2.08 bits per heavy atom. The molecule has 2 bridgehead atoms. The normalized spacial score (nSPS) is 31.9. The third-order valence-corrected chi connectivity index (χ3v) is 6.60. The van der Waals surface area contributed by atoms with Crippen LogP contribution in [0.5, 0.6) is 0 Å². The maximum Gasteiger partial charge on any atom is 0.284 e. The van der Waals surface area contributed by atoms with Crippen LogP contribution in [0.15, 0.2) is 48.5 Å². The number of fused-ring (bicyclic) bond motifs is 8. The Morgan fingerprint density at radius 1 is 0.833 bits per heavy atom. The highest BCUT2D eigenvalue weighted by atomic mass is 16.2. The van der Waals surface area contributed by atoms with E-state index in [1.54, 1.807) is 0 Å². The molecule has 1 aliphatic heterocycles. The van der Waals surface area contributed by atoms with Gasteiger partial charge in [0.1, 0.15) is 5.92 Å². The lowest BCUT2D eigenvalue weighted by molar-refractivity contribution is -0.602. The lowest BCUT2D eigenvalue weighted by Gasteiger charge is -2.17. The molecule has 0 aromatic heterocycles. The van der Waals surface area contributed by atoms with E-state index in [1.165, 1.54) is 47.2 Å². The van der Waals surface area contributed by atoms with Crippen LogP contribution in [0.4, 0.5) is 0 Å². The molecule has 2 aromatic rings. The van der Waals surface area contributed by atoms with Crippen molar-refractivity contribution in [1.82, 2.24) is 5.43 Å². The number of rotatable bonds is 0. The molecular formula is C21H19N2O+. The second-order valence-electron chi connectivity index (χ2n) is 7.64. The van der Waals surface area contributed by atoms with Gasteiger partial charge in [-0.25, -0.2) is 0 Å². The molecule has 3 nitrogen and oxygen atoms in total. The van der Waals surface area contributed by atoms with Crippen molar-refractivity contribution >= 4 is 11.6 Å². The highest BCUT2D eigenvalue weighted by Gasteiger charge is 2.62. The summed E-state index contributed by atoms with van der Waals surface area (Å²) in [6.07, 6.45) is 3.74. The van der Waals surface area contributed by atoms with E-state index in [1.807, 2.05) is 0 Å². The van der Waals surface area contributed by atoms with Gasteiger partial charge in [0, 0.05) is 5.92 Å². The Bertz CT molecular complexity index is 881. The van der Waals surface area contributed by atoms with Crippen molar-refractivity contribution < 1.29 is 9.48 Å². The molecule has 2 saturated carbocycles. The van der Waals surface area contributed by atoms with Crippen LogP contribution in [0.1, 0.15) is 30.4 Å². The predicted molar refractivity (Wildman–Crippen MR) is 91.6 cm³/mol. The minimum atomic E-state index is 0.191. The third-order valence-electron chi connectivity index (χ3n) is 6.60. The lowest BCUT2D eigenvalue weighted by Crippen LogP contribution is -2.38. The van der Waals surface area contributed by atoms with Crippen LogP contribution < -0.4 is 5.43 Å². The number of nitrogens with zero attached hydrogens (tertiary/aromatic N) is 1. The lowest BCUT2D eigenvalue weighted by atomic mass is 9.85. The van der Waals surface area contributed by atoms with Gasteiger partial charge in [0.2, 0.25) is 5.71 Å². The molecule has 118 valence electrons. The standard InChI is InChI=1S/C21H18N2O/c24-21-18-12-9-10-13(11-12)19(18)23(22-21)20-16-7-3-1-5-14(16)15-6-2-4-8-17(15)20/h1-8,12-13,18-19H,9-11H2/p+1/t12-,13+,18+,19-/m1/s1. The van der Waals surface area contributed by atoms with Gasteiger partial charge in [-0.05, 0) is 48.4 Å². The summed E-state index contributed by atoms with van der Waals surface area (Å²) in [4.78, 5) is 12.7. The molecule has 4 aliphatic rings. The number of hydrazone groups is 1. The summed E-state index contributed by atoms with van der Waals surface area (Å²) in [5, 5.41) is 0. The summed E-state index contributed by atoms with van der Waals surface area (Å²) in [5.74, 6) is 1.68. The van der Waals surface area contributed by atoms with Gasteiger partial charge in [-0.1, -0.05) is 36.4 Å². The van der Waals surface area contributed by atoms with Gasteiger partial charge in [-0.15, -0.1) is 10.1 Å². The van der Waals surface area contributed by atoms with Gasteiger partial charge in [-0.2, -0.15) is 0 Å². The zero-order valence-corrected chi connectivity index (χ0v) is 13.4. The Balaban J connectivity index is 1.64. The topological polar surface area (TPSA) is 32.1 Å². The molecule has 6 rings (SSSR count). The SMILES string of the molecule is O=C1N[N+](=C2c3ccccc3-c3ccccc32)[C@@H]2[C@H]3CC[C@H](C3)[C@H]12. The van der Waals surface area contributed by atoms with E-state index in [2.05, 4.69) is 58.6 Å². The van der Waals surface area contributed by atoms with Crippen LogP contribution in [0.25, 0.3) is 11.1 Å². The quantitative estimate of drug-likeness (QED) is 0.636. The van der Waals surface area contributed by atoms with Crippen molar-refractivity contribution in [2.45, 2.75) is 25.3 Å². The summed E-state index contributed by atoms with van der Waals surface area (Å²) >= 11 is 0.